The normalized spacial score (nSPS) is 12.0. The molecule has 4 nitrogen and oxygen atoms in total. The van der Waals surface area contributed by atoms with Crippen molar-refractivity contribution in [2.75, 3.05) is 13.4 Å². The summed E-state index contributed by atoms with van der Waals surface area (Å²) in [6.45, 7) is 0. The number of halogens is 3. The first kappa shape index (κ1) is 16.9. The minimum atomic E-state index is -1.61. The van der Waals surface area contributed by atoms with E-state index in [4.69, 9.17) is 23.2 Å². The van der Waals surface area contributed by atoms with E-state index in [2.05, 4.69) is 9.72 Å². The van der Waals surface area contributed by atoms with Crippen LogP contribution in [0.3, 0.4) is 0 Å². The molecule has 0 bridgehead atoms. The van der Waals surface area contributed by atoms with Crippen molar-refractivity contribution < 1.29 is 18.1 Å². The van der Waals surface area contributed by atoms with Crippen LogP contribution in [0, 0.1) is 5.82 Å². The highest BCUT2D eigenvalue weighted by atomic mass is 35.5. The summed E-state index contributed by atoms with van der Waals surface area (Å²) in [5.74, 6) is -1.49. The van der Waals surface area contributed by atoms with Crippen molar-refractivity contribution in [3.8, 4) is 11.3 Å². The van der Waals surface area contributed by atoms with Crippen LogP contribution < -0.4 is 0 Å². The van der Waals surface area contributed by atoms with Gasteiger partial charge in [0.2, 0.25) is 0 Å². The molecule has 0 aliphatic heterocycles. The summed E-state index contributed by atoms with van der Waals surface area (Å²) in [7, 11) is -0.420. The third-order valence-electron chi connectivity index (χ3n) is 2.84. The summed E-state index contributed by atoms with van der Waals surface area (Å²) in [5, 5.41) is 0.147. The summed E-state index contributed by atoms with van der Waals surface area (Å²) < 4.78 is 30.7. The third kappa shape index (κ3) is 3.14. The lowest BCUT2D eigenvalue weighted by molar-refractivity contribution is 0.0594. The summed E-state index contributed by atoms with van der Waals surface area (Å²) in [5.41, 5.74) is 0.0947. The Balaban J connectivity index is 2.65. The van der Waals surface area contributed by atoms with Gasteiger partial charge in [-0.15, -0.1) is 0 Å². The molecule has 8 heteroatoms. The smallest absolute Gasteiger partial charge is 0.358 e. The molecule has 0 amide bonds. The van der Waals surface area contributed by atoms with Crippen LogP contribution in [0.2, 0.25) is 10.0 Å². The molecule has 0 saturated carbocycles. The van der Waals surface area contributed by atoms with E-state index in [1.807, 2.05) is 0 Å². The van der Waals surface area contributed by atoms with E-state index in [9.17, 15) is 13.4 Å². The highest BCUT2D eigenvalue weighted by Crippen LogP contribution is 2.31. The van der Waals surface area contributed by atoms with E-state index in [0.29, 0.717) is 0 Å². The van der Waals surface area contributed by atoms with Gasteiger partial charge >= 0.3 is 5.97 Å². The topological polar surface area (TPSA) is 56.3 Å². The lowest BCUT2D eigenvalue weighted by Crippen LogP contribution is -2.06. The third-order valence-corrected chi connectivity index (χ3v) is 4.54. The highest BCUT2D eigenvalue weighted by Gasteiger charge is 2.20. The van der Waals surface area contributed by atoms with Crippen LogP contribution in [0.5, 0.6) is 0 Å². The number of ether oxygens (including phenoxy) is 1. The van der Waals surface area contributed by atoms with Crippen LogP contribution in [0.1, 0.15) is 10.5 Å². The Morgan fingerprint density at radius 1 is 1.23 bits per heavy atom. The van der Waals surface area contributed by atoms with Gasteiger partial charge < -0.3 is 4.74 Å². The molecule has 0 saturated heterocycles. The van der Waals surface area contributed by atoms with Gasteiger partial charge in [-0.1, -0.05) is 23.2 Å². The van der Waals surface area contributed by atoms with Crippen LogP contribution in [0.4, 0.5) is 4.39 Å². The summed E-state index contributed by atoms with van der Waals surface area (Å²) in [4.78, 5) is 15.5. The quantitative estimate of drug-likeness (QED) is 0.781. The molecule has 0 aliphatic carbocycles. The fourth-order valence-electron chi connectivity index (χ4n) is 1.83. The van der Waals surface area contributed by atoms with Crippen molar-refractivity contribution in [3.05, 3.63) is 45.8 Å². The van der Waals surface area contributed by atoms with Gasteiger partial charge in [-0.25, -0.2) is 14.2 Å². The second-order valence-electron chi connectivity index (χ2n) is 4.21. The SMILES string of the molecule is COC(=O)c1nc(-c2ccc(Cl)c(S(C)=O)c2F)ccc1Cl. The molecule has 0 radical (unpaired) electrons. The molecule has 1 atom stereocenters. The molecule has 116 valence electrons. The zero-order valence-corrected chi connectivity index (χ0v) is 13.9. The standard InChI is InChI=1S/C14H10Cl2FNO3S/c1-21-14(19)12-8(15)5-6-10(18-12)7-3-4-9(16)13(11(7)17)22(2)20/h3-6H,1-2H3. The molecule has 2 aromatic rings. The summed E-state index contributed by atoms with van der Waals surface area (Å²) in [6.07, 6.45) is 1.32. The molecule has 1 unspecified atom stereocenters. The zero-order valence-electron chi connectivity index (χ0n) is 11.5. The van der Waals surface area contributed by atoms with Crippen LogP contribution >= 0.6 is 23.2 Å². The maximum absolute atomic E-state index is 14.5. The Labute approximate surface area is 138 Å². The predicted molar refractivity (Wildman–Crippen MR) is 83.3 cm³/mol. The van der Waals surface area contributed by atoms with Gasteiger partial charge in [0.15, 0.2) is 5.69 Å². The maximum atomic E-state index is 14.5. The van der Waals surface area contributed by atoms with Gasteiger partial charge in [-0.2, -0.15) is 0 Å². The average molecular weight is 362 g/mol. The number of carbonyl (C=O) groups is 1. The first-order valence-corrected chi connectivity index (χ1v) is 8.25. The molecule has 0 aliphatic rings. The van der Waals surface area contributed by atoms with Crippen molar-refractivity contribution in [2.45, 2.75) is 4.90 Å². The molecular weight excluding hydrogens is 352 g/mol. The number of esters is 1. The van der Waals surface area contributed by atoms with Gasteiger partial charge in [0.05, 0.1) is 38.5 Å². The molecule has 1 aromatic carbocycles. The van der Waals surface area contributed by atoms with Crippen LogP contribution in [0.15, 0.2) is 29.2 Å². The highest BCUT2D eigenvalue weighted by molar-refractivity contribution is 7.84. The van der Waals surface area contributed by atoms with Crippen molar-refractivity contribution >= 4 is 40.0 Å². The van der Waals surface area contributed by atoms with Gasteiger partial charge in [0.1, 0.15) is 5.82 Å². The van der Waals surface area contributed by atoms with Gasteiger partial charge in [0.25, 0.3) is 0 Å². The van der Waals surface area contributed by atoms with Crippen molar-refractivity contribution in [1.29, 1.82) is 0 Å². The van der Waals surface area contributed by atoms with E-state index in [0.717, 1.165) is 0 Å². The van der Waals surface area contributed by atoms with Gasteiger partial charge in [-0.05, 0) is 24.3 Å². The van der Waals surface area contributed by atoms with Crippen molar-refractivity contribution in [2.24, 2.45) is 0 Å². The van der Waals surface area contributed by atoms with Crippen molar-refractivity contribution in [3.63, 3.8) is 0 Å². The number of pyridine rings is 1. The Kier molecular flexibility index (Phi) is 5.16. The number of rotatable bonds is 3. The Bertz CT molecular complexity index is 783. The minimum Gasteiger partial charge on any atom is -0.464 e. The van der Waals surface area contributed by atoms with Crippen LogP contribution in [0.25, 0.3) is 11.3 Å². The lowest BCUT2D eigenvalue weighted by atomic mass is 10.1. The molecule has 0 spiro atoms. The molecule has 0 N–H and O–H groups in total. The number of nitrogens with zero attached hydrogens (tertiary/aromatic N) is 1. The fourth-order valence-corrected chi connectivity index (χ4v) is 3.19. The van der Waals surface area contributed by atoms with E-state index >= 15 is 0 Å². The van der Waals surface area contributed by atoms with E-state index in [-0.39, 0.29) is 31.9 Å². The van der Waals surface area contributed by atoms with Crippen LogP contribution in [-0.4, -0.2) is 28.5 Å². The molecular formula is C14H10Cl2FNO3S. The monoisotopic (exact) mass is 361 g/mol. The molecule has 22 heavy (non-hydrogen) atoms. The maximum Gasteiger partial charge on any atom is 0.358 e. The van der Waals surface area contributed by atoms with Gasteiger partial charge in [-0.3, -0.25) is 4.21 Å². The summed E-state index contributed by atoms with van der Waals surface area (Å²) in [6, 6.07) is 5.67. The Hall–Kier alpha value is -1.50. The largest absolute Gasteiger partial charge is 0.464 e. The number of aromatic nitrogens is 1. The molecule has 1 aromatic heterocycles. The number of hydrogen-bond donors (Lipinski definition) is 0. The van der Waals surface area contributed by atoms with Gasteiger partial charge in [0, 0.05) is 11.8 Å². The van der Waals surface area contributed by atoms with E-state index in [1.165, 1.54) is 37.6 Å². The lowest BCUT2D eigenvalue weighted by Gasteiger charge is -2.09. The minimum absolute atomic E-state index is 0.0595. The molecule has 2 rings (SSSR count). The molecule has 0 fully saturated rings. The Morgan fingerprint density at radius 3 is 2.45 bits per heavy atom. The van der Waals surface area contributed by atoms with Crippen molar-refractivity contribution in [1.82, 2.24) is 4.98 Å². The first-order valence-electron chi connectivity index (χ1n) is 5.93. The second kappa shape index (κ2) is 6.73. The number of benzene rings is 1. The predicted octanol–water partition coefficient (Wildman–Crippen LogP) is 3.72. The number of methoxy groups -OCH3 is 1. The van der Waals surface area contributed by atoms with E-state index in [1.54, 1.807) is 0 Å². The Morgan fingerprint density at radius 2 is 1.86 bits per heavy atom. The molecule has 1 heterocycles. The average Bonchev–Trinajstić information content (AvgIpc) is 2.47. The summed E-state index contributed by atoms with van der Waals surface area (Å²) >= 11 is 11.7. The second-order valence-corrected chi connectivity index (χ2v) is 6.34. The number of hydrogen-bond acceptors (Lipinski definition) is 4. The van der Waals surface area contributed by atoms with E-state index < -0.39 is 22.6 Å². The van der Waals surface area contributed by atoms with Crippen LogP contribution in [-0.2, 0) is 15.5 Å². The fraction of sp³-hybridized carbons (Fsp3) is 0.143. The zero-order chi connectivity index (χ0) is 16.4. The number of carbonyl (C=O) groups excluding carboxylic acids is 1. The first-order chi connectivity index (χ1) is 10.4.